The third kappa shape index (κ3) is 3.66. The molecule has 6 heteroatoms. The van der Waals surface area contributed by atoms with Gasteiger partial charge in [-0.1, -0.05) is 29.8 Å². The lowest BCUT2D eigenvalue weighted by atomic mass is 10.0. The van der Waals surface area contributed by atoms with Crippen molar-refractivity contribution < 1.29 is 0 Å². The first-order valence-corrected chi connectivity index (χ1v) is 8.03. The van der Waals surface area contributed by atoms with Gasteiger partial charge in [-0.05, 0) is 37.9 Å². The number of rotatable bonds is 2. The van der Waals surface area contributed by atoms with E-state index in [-0.39, 0.29) is 24.8 Å². The summed E-state index contributed by atoms with van der Waals surface area (Å²) in [6, 6.07) is 12.6. The van der Waals surface area contributed by atoms with Crippen molar-refractivity contribution in [1.82, 2.24) is 15.1 Å². The standard InChI is InChI=1S/C18H22N4.2ClH/c1-13-3-5-14(6-4-13)17-7-8-18(20-19-17)22-11-15-9-21(2)10-16(15)12-22;;/h3-8,15-16H,9-12H2,1-2H3;2*1H. The quantitative estimate of drug-likeness (QED) is 0.816. The zero-order valence-electron chi connectivity index (χ0n) is 14.1. The SMILES string of the molecule is Cc1ccc(-c2ccc(N3CC4CN(C)CC4C3)nn2)cc1.Cl.Cl. The van der Waals surface area contributed by atoms with Gasteiger partial charge in [0.05, 0.1) is 5.69 Å². The molecule has 4 rings (SSSR count). The lowest BCUT2D eigenvalue weighted by Crippen LogP contribution is -2.27. The molecule has 2 saturated heterocycles. The van der Waals surface area contributed by atoms with Gasteiger partial charge in [0.15, 0.2) is 5.82 Å². The maximum atomic E-state index is 4.47. The minimum Gasteiger partial charge on any atom is -0.354 e. The van der Waals surface area contributed by atoms with Crippen molar-refractivity contribution in [3.63, 3.8) is 0 Å². The molecule has 0 aliphatic carbocycles. The molecule has 0 saturated carbocycles. The fourth-order valence-corrected chi connectivity index (χ4v) is 3.79. The fraction of sp³-hybridized carbons (Fsp3) is 0.444. The summed E-state index contributed by atoms with van der Waals surface area (Å²) >= 11 is 0. The van der Waals surface area contributed by atoms with Crippen molar-refractivity contribution in [2.24, 2.45) is 11.8 Å². The first-order valence-electron chi connectivity index (χ1n) is 8.03. The molecule has 0 bridgehead atoms. The first kappa shape index (κ1) is 19.0. The third-order valence-electron chi connectivity index (χ3n) is 4.99. The number of benzene rings is 1. The molecular formula is C18H24Cl2N4. The Kier molecular flexibility index (Phi) is 6.07. The average Bonchev–Trinajstić information content (AvgIpc) is 3.05. The fourth-order valence-electron chi connectivity index (χ4n) is 3.79. The Bertz CT molecular complexity index is 646. The van der Waals surface area contributed by atoms with Crippen molar-refractivity contribution in [2.45, 2.75) is 6.92 Å². The molecular weight excluding hydrogens is 343 g/mol. The second-order valence-corrected chi connectivity index (χ2v) is 6.79. The van der Waals surface area contributed by atoms with Gasteiger partial charge in [0.25, 0.3) is 0 Å². The predicted octanol–water partition coefficient (Wildman–Crippen LogP) is 3.29. The molecule has 2 aromatic rings. The Morgan fingerprint density at radius 3 is 2.00 bits per heavy atom. The van der Waals surface area contributed by atoms with E-state index in [0.717, 1.165) is 42.0 Å². The molecule has 0 amide bonds. The molecule has 2 atom stereocenters. The van der Waals surface area contributed by atoms with Crippen molar-refractivity contribution in [3.8, 4) is 11.3 Å². The van der Waals surface area contributed by atoms with Crippen molar-refractivity contribution in [1.29, 1.82) is 0 Å². The lowest BCUT2D eigenvalue weighted by molar-refractivity contribution is 0.387. The number of hydrogen-bond acceptors (Lipinski definition) is 4. The highest BCUT2D eigenvalue weighted by atomic mass is 35.5. The van der Waals surface area contributed by atoms with Crippen molar-refractivity contribution in [3.05, 3.63) is 42.0 Å². The van der Waals surface area contributed by atoms with E-state index in [2.05, 4.69) is 70.4 Å². The van der Waals surface area contributed by atoms with Crippen LogP contribution in [0.25, 0.3) is 11.3 Å². The Morgan fingerprint density at radius 2 is 1.46 bits per heavy atom. The van der Waals surface area contributed by atoms with Crippen LogP contribution < -0.4 is 4.90 Å². The van der Waals surface area contributed by atoms with Gasteiger partial charge in [-0.2, -0.15) is 0 Å². The van der Waals surface area contributed by atoms with Gasteiger partial charge >= 0.3 is 0 Å². The van der Waals surface area contributed by atoms with E-state index in [0.29, 0.717) is 0 Å². The number of halogens is 2. The molecule has 2 aliphatic heterocycles. The largest absolute Gasteiger partial charge is 0.354 e. The Hall–Kier alpha value is -1.36. The maximum absolute atomic E-state index is 4.47. The zero-order valence-corrected chi connectivity index (χ0v) is 15.7. The topological polar surface area (TPSA) is 32.3 Å². The zero-order chi connectivity index (χ0) is 15.1. The van der Waals surface area contributed by atoms with Gasteiger partial charge in [-0.25, -0.2) is 0 Å². The van der Waals surface area contributed by atoms with Crippen LogP contribution in [0.2, 0.25) is 0 Å². The van der Waals surface area contributed by atoms with Gasteiger partial charge in [-0.3, -0.25) is 0 Å². The number of likely N-dealkylation sites (tertiary alicyclic amines) is 1. The van der Waals surface area contributed by atoms with E-state index in [1.807, 2.05) is 0 Å². The predicted molar refractivity (Wildman–Crippen MR) is 103 cm³/mol. The lowest BCUT2D eigenvalue weighted by Gasteiger charge is -2.19. The van der Waals surface area contributed by atoms with Crippen LogP contribution in [0.4, 0.5) is 5.82 Å². The van der Waals surface area contributed by atoms with E-state index < -0.39 is 0 Å². The molecule has 0 radical (unpaired) electrons. The molecule has 2 fully saturated rings. The molecule has 1 aromatic carbocycles. The number of nitrogens with zero attached hydrogens (tertiary/aromatic N) is 4. The molecule has 0 N–H and O–H groups in total. The molecule has 0 spiro atoms. The van der Waals surface area contributed by atoms with Gasteiger partial charge in [0, 0.05) is 31.7 Å². The summed E-state index contributed by atoms with van der Waals surface area (Å²) in [5.41, 5.74) is 3.34. The smallest absolute Gasteiger partial charge is 0.151 e. The van der Waals surface area contributed by atoms with Gasteiger partial charge in [0.2, 0.25) is 0 Å². The monoisotopic (exact) mass is 366 g/mol. The van der Waals surface area contributed by atoms with Gasteiger partial charge < -0.3 is 9.80 Å². The molecule has 3 heterocycles. The van der Waals surface area contributed by atoms with Crippen LogP contribution >= 0.6 is 24.8 Å². The summed E-state index contributed by atoms with van der Waals surface area (Å²) in [4.78, 5) is 4.84. The summed E-state index contributed by atoms with van der Waals surface area (Å²) in [6.45, 7) is 6.77. The number of fused-ring (bicyclic) bond motifs is 1. The van der Waals surface area contributed by atoms with Crippen LogP contribution in [-0.2, 0) is 0 Å². The Balaban J connectivity index is 0.00000104. The number of aromatic nitrogens is 2. The highest BCUT2D eigenvalue weighted by molar-refractivity contribution is 5.85. The van der Waals surface area contributed by atoms with Crippen LogP contribution in [0.1, 0.15) is 5.56 Å². The first-order chi connectivity index (χ1) is 10.7. The van der Waals surface area contributed by atoms with Crippen LogP contribution in [0.5, 0.6) is 0 Å². The van der Waals surface area contributed by atoms with Crippen LogP contribution in [0.3, 0.4) is 0 Å². The highest BCUT2D eigenvalue weighted by Gasteiger charge is 2.39. The van der Waals surface area contributed by atoms with E-state index in [9.17, 15) is 0 Å². The van der Waals surface area contributed by atoms with Crippen LogP contribution in [0, 0.1) is 18.8 Å². The molecule has 24 heavy (non-hydrogen) atoms. The third-order valence-corrected chi connectivity index (χ3v) is 4.99. The van der Waals surface area contributed by atoms with Gasteiger partial charge in [-0.15, -0.1) is 35.0 Å². The Morgan fingerprint density at radius 1 is 0.833 bits per heavy atom. The number of aryl methyl sites for hydroxylation is 1. The van der Waals surface area contributed by atoms with E-state index in [1.165, 1.54) is 18.7 Å². The number of anilines is 1. The van der Waals surface area contributed by atoms with Crippen molar-refractivity contribution >= 4 is 30.6 Å². The minimum absolute atomic E-state index is 0. The molecule has 2 unspecified atom stereocenters. The molecule has 2 aliphatic rings. The number of hydrogen-bond donors (Lipinski definition) is 0. The summed E-state index contributed by atoms with van der Waals surface area (Å²) < 4.78 is 0. The summed E-state index contributed by atoms with van der Waals surface area (Å²) in [7, 11) is 2.22. The van der Waals surface area contributed by atoms with E-state index in [4.69, 9.17) is 0 Å². The second-order valence-electron chi connectivity index (χ2n) is 6.79. The Labute approximate surface area is 156 Å². The summed E-state index contributed by atoms with van der Waals surface area (Å²) in [6.07, 6.45) is 0. The van der Waals surface area contributed by atoms with E-state index in [1.54, 1.807) is 0 Å². The normalized spacial score (nSPS) is 22.7. The van der Waals surface area contributed by atoms with Crippen molar-refractivity contribution in [2.75, 3.05) is 38.1 Å². The molecule has 4 nitrogen and oxygen atoms in total. The molecule has 1 aromatic heterocycles. The minimum atomic E-state index is 0. The summed E-state index contributed by atoms with van der Waals surface area (Å²) in [5.74, 6) is 2.61. The molecule has 130 valence electrons. The van der Waals surface area contributed by atoms with Gasteiger partial charge in [0.1, 0.15) is 0 Å². The second kappa shape index (κ2) is 7.68. The highest BCUT2D eigenvalue weighted by Crippen LogP contribution is 2.32. The average molecular weight is 367 g/mol. The van der Waals surface area contributed by atoms with Crippen LogP contribution in [0.15, 0.2) is 36.4 Å². The van der Waals surface area contributed by atoms with E-state index >= 15 is 0 Å². The summed E-state index contributed by atoms with van der Waals surface area (Å²) in [5, 5.41) is 8.90. The maximum Gasteiger partial charge on any atom is 0.151 e. The van der Waals surface area contributed by atoms with Crippen LogP contribution in [-0.4, -0.2) is 48.3 Å².